The van der Waals surface area contributed by atoms with Gasteiger partial charge in [0.05, 0.1) is 22.6 Å². The lowest BCUT2D eigenvalue weighted by atomic mass is 10.2. The fraction of sp³-hybridized carbons (Fsp3) is 0.133. The quantitative estimate of drug-likeness (QED) is 0.682. The van der Waals surface area contributed by atoms with Crippen molar-refractivity contribution < 1.29 is 8.42 Å². The number of benzene rings is 2. The summed E-state index contributed by atoms with van der Waals surface area (Å²) in [6.45, 7) is 2.04. The standard InChI is InChI=1S/C15H13BrClN3O2S/c1-9-5-6-11-12(7-9)20-14(19-11)8-18-23(21,22)13-4-2-3-10(16)15(13)17/h2-7,18H,8H2,1H3,(H,19,20). The maximum atomic E-state index is 12.4. The van der Waals surface area contributed by atoms with Crippen molar-refractivity contribution in [3.8, 4) is 0 Å². The number of hydrogen-bond acceptors (Lipinski definition) is 3. The van der Waals surface area contributed by atoms with Gasteiger partial charge in [-0.3, -0.25) is 0 Å². The van der Waals surface area contributed by atoms with Crippen molar-refractivity contribution in [1.29, 1.82) is 0 Å². The Kier molecular flexibility index (Phi) is 4.46. The maximum absolute atomic E-state index is 12.4. The minimum atomic E-state index is -3.73. The first-order valence-corrected chi connectivity index (χ1v) is 9.41. The van der Waals surface area contributed by atoms with Crippen LogP contribution in [0.5, 0.6) is 0 Å². The predicted octanol–water partition coefficient (Wildman–Crippen LogP) is 3.77. The Labute approximate surface area is 147 Å². The molecule has 3 aromatic rings. The summed E-state index contributed by atoms with van der Waals surface area (Å²) >= 11 is 9.27. The molecule has 2 N–H and O–H groups in total. The average molecular weight is 415 g/mol. The number of nitrogens with one attached hydrogen (secondary N) is 2. The van der Waals surface area contributed by atoms with Crippen LogP contribution in [0.4, 0.5) is 0 Å². The molecule has 8 heteroatoms. The highest BCUT2D eigenvalue weighted by atomic mass is 79.9. The maximum Gasteiger partial charge on any atom is 0.242 e. The second kappa shape index (κ2) is 6.24. The van der Waals surface area contributed by atoms with E-state index in [1.54, 1.807) is 12.1 Å². The van der Waals surface area contributed by atoms with E-state index < -0.39 is 10.0 Å². The lowest BCUT2D eigenvalue weighted by Gasteiger charge is -2.08. The van der Waals surface area contributed by atoms with Gasteiger partial charge in [0.25, 0.3) is 0 Å². The first kappa shape index (κ1) is 16.4. The number of imidazole rings is 1. The molecule has 0 amide bonds. The molecule has 1 heterocycles. The molecule has 0 aliphatic heterocycles. The largest absolute Gasteiger partial charge is 0.341 e. The van der Waals surface area contributed by atoms with Gasteiger partial charge in [0, 0.05) is 4.47 Å². The van der Waals surface area contributed by atoms with E-state index in [1.165, 1.54) is 6.07 Å². The van der Waals surface area contributed by atoms with Crippen LogP contribution in [-0.2, 0) is 16.6 Å². The van der Waals surface area contributed by atoms with E-state index in [9.17, 15) is 8.42 Å². The van der Waals surface area contributed by atoms with Gasteiger partial charge in [0.2, 0.25) is 10.0 Å². The van der Waals surface area contributed by atoms with Gasteiger partial charge in [-0.25, -0.2) is 18.1 Å². The van der Waals surface area contributed by atoms with Crippen LogP contribution < -0.4 is 4.72 Å². The molecular formula is C15H13BrClN3O2S. The van der Waals surface area contributed by atoms with E-state index in [4.69, 9.17) is 11.6 Å². The van der Waals surface area contributed by atoms with Gasteiger partial charge in [-0.15, -0.1) is 0 Å². The van der Waals surface area contributed by atoms with Gasteiger partial charge >= 0.3 is 0 Å². The lowest BCUT2D eigenvalue weighted by Crippen LogP contribution is -2.24. The van der Waals surface area contributed by atoms with Crippen LogP contribution in [0.1, 0.15) is 11.4 Å². The number of halogens is 2. The summed E-state index contributed by atoms with van der Waals surface area (Å²) in [7, 11) is -3.73. The van der Waals surface area contributed by atoms with E-state index in [0.717, 1.165) is 16.6 Å². The molecule has 0 aliphatic carbocycles. The molecule has 0 saturated carbocycles. The van der Waals surface area contributed by atoms with Crippen LogP contribution in [0.2, 0.25) is 5.02 Å². The van der Waals surface area contributed by atoms with Crippen molar-refractivity contribution in [2.24, 2.45) is 0 Å². The molecule has 0 fully saturated rings. The third-order valence-electron chi connectivity index (χ3n) is 3.32. The summed E-state index contributed by atoms with van der Waals surface area (Å²) in [6, 6.07) is 10.6. The first-order valence-electron chi connectivity index (χ1n) is 6.76. The van der Waals surface area contributed by atoms with Gasteiger partial charge in [-0.2, -0.15) is 0 Å². The summed E-state index contributed by atoms with van der Waals surface area (Å²) in [5.41, 5.74) is 2.78. The fourth-order valence-electron chi connectivity index (χ4n) is 2.19. The van der Waals surface area contributed by atoms with Crippen LogP contribution >= 0.6 is 27.5 Å². The second-order valence-electron chi connectivity index (χ2n) is 5.08. The molecule has 0 aliphatic rings. The zero-order valence-electron chi connectivity index (χ0n) is 12.1. The molecule has 120 valence electrons. The first-order chi connectivity index (χ1) is 10.9. The number of aromatic amines is 1. The van der Waals surface area contributed by atoms with Crippen molar-refractivity contribution in [3.63, 3.8) is 0 Å². The molecule has 0 atom stereocenters. The Hall–Kier alpha value is -1.41. The summed E-state index contributed by atoms with van der Waals surface area (Å²) in [5, 5.41) is 0.153. The van der Waals surface area contributed by atoms with Crippen molar-refractivity contribution in [1.82, 2.24) is 14.7 Å². The normalized spacial score (nSPS) is 12.0. The number of fused-ring (bicyclic) bond motifs is 1. The van der Waals surface area contributed by atoms with Crippen LogP contribution in [-0.4, -0.2) is 18.4 Å². The fourth-order valence-corrected chi connectivity index (χ4v) is 4.21. The molecule has 1 aromatic heterocycles. The topological polar surface area (TPSA) is 74.8 Å². The second-order valence-corrected chi connectivity index (χ2v) is 8.05. The van der Waals surface area contributed by atoms with Crippen LogP contribution in [0.15, 0.2) is 45.8 Å². The highest BCUT2D eigenvalue weighted by Gasteiger charge is 2.19. The van der Waals surface area contributed by atoms with E-state index in [2.05, 4.69) is 30.6 Å². The molecule has 5 nitrogen and oxygen atoms in total. The third kappa shape index (κ3) is 3.42. The molecule has 23 heavy (non-hydrogen) atoms. The van der Waals surface area contributed by atoms with Gasteiger partial charge in [0.1, 0.15) is 10.7 Å². The smallest absolute Gasteiger partial charge is 0.242 e. The summed E-state index contributed by atoms with van der Waals surface area (Å²) < 4.78 is 27.8. The SMILES string of the molecule is Cc1ccc2nc(CNS(=O)(=O)c3cccc(Br)c3Cl)[nH]c2c1. The van der Waals surface area contributed by atoms with Crippen LogP contribution in [0, 0.1) is 6.92 Å². The minimum Gasteiger partial charge on any atom is -0.341 e. The highest BCUT2D eigenvalue weighted by Crippen LogP contribution is 2.29. The number of aromatic nitrogens is 2. The zero-order valence-corrected chi connectivity index (χ0v) is 15.3. The molecule has 0 unspecified atom stereocenters. The van der Waals surface area contributed by atoms with E-state index in [0.29, 0.717) is 10.3 Å². The third-order valence-corrected chi connectivity index (χ3v) is 6.17. The number of rotatable bonds is 4. The number of sulfonamides is 1. The summed E-state index contributed by atoms with van der Waals surface area (Å²) in [4.78, 5) is 7.50. The highest BCUT2D eigenvalue weighted by molar-refractivity contribution is 9.10. The van der Waals surface area contributed by atoms with Crippen LogP contribution in [0.3, 0.4) is 0 Å². The Morgan fingerprint density at radius 3 is 2.87 bits per heavy atom. The number of aryl methyl sites for hydroxylation is 1. The number of nitrogens with zero attached hydrogens (tertiary/aromatic N) is 1. The average Bonchev–Trinajstić information content (AvgIpc) is 2.90. The molecule has 2 aromatic carbocycles. The Balaban J connectivity index is 1.84. The lowest BCUT2D eigenvalue weighted by molar-refractivity contribution is 0.579. The number of hydrogen-bond donors (Lipinski definition) is 2. The number of H-pyrrole nitrogens is 1. The molecule has 0 spiro atoms. The monoisotopic (exact) mass is 413 g/mol. The zero-order chi connectivity index (χ0) is 16.6. The summed E-state index contributed by atoms with van der Waals surface area (Å²) in [5.74, 6) is 0.542. The summed E-state index contributed by atoms with van der Waals surface area (Å²) in [6.07, 6.45) is 0. The van der Waals surface area contributed by atoms with E-state index in [-0.39, 0.29) is 16.5 Å². The van der Waals surface area contributed by atoms with Gasteiger partial charge in [-0.05, 0) is 52.7 Å². The van der Waals surface area contributed by atoms with Crippen molar-refractivity contribution >= 4 is 48.6 Å². The molecule has 0 saturated heterocycles. The Morgan fingerprint density at radius 2 is 2.09 bits per heavy atom. The Bertz CT molecular complexity index is 986. The minimum absolute atomic E-state index is 0.0282. The van der Waals surface area contributed by atoms with Gasteiger partial charge in [0.15, 0.2) is 0 Å². The van der Waals surface area contributed by atoms with E-state index in [1.807, 2.05) is 25.1 Å². The van der Waals surface area contributed by atoms with Gasteiger partial charge in [-0.1, -0.05) is 23.7 Å². The van der Waals surface area contributed by atoms with Gasteiger partial charge < -0.3 is 4.98 Å². The van der Waals surface area contributed by atoms with Crippen LogP contribution in [0.25, 0.3) is 11.0 Å². The van der Waals surface area contributed by atoms with Crippen molar-refractivity contribution in [3.05, 3.63) is 57.3 Å². The van der Waals surface area contributed by atoms with Crippen molar-refractivity contribution in [2.45, 2.75) is 18.4 Å². The predicted molar refractivity (Wildman–Crippen MR) is 94.0 cm³/mol. The molecule has 0 bridgehead atoms. The van der Waals surface area contributed by atoms with E-state index >= 15 is 0 Å². The molecule has 3 rings (SSSR count). The van der Waals surface area contributed by atoms with Crippen molar-refractivity contribution in [2.75, 3.05) is 0 Å². The Morgan fingerprint density at radius 1 is 1.30 bits per heavy atom. The molecule has 0 radical (unpaired) electrons. The molecular weight excluding hydrogens is 402 g/mol.